The minimum absolute atomic E-state index is 0.181. The quantitative estimate of drug-likeness (QED) is 0.828. The van der Waals surface area contributed by atoms with Crippen molar-refractivity contribution in [1.29, 1.82) is 0 Å². The first-order valence-electron chi connectivity index (χ1n) is 7.92. The third kappa shape index (κ3) is 2.33. The van der Waals surface area contributed by atoms with Crippen LogP contribution in [0.4, 0.5) is 0 Å². The van der Waals surface area contributed by atoms with Crippen LogP contribution >= 0.6 is 0 Å². The second-order valence-electron chi connectivity index (χ2n) is 6.68. The van der Waals surface area contributed by atoms with Gasteiger partial charge in [-0.05, 0) is 43.4 Å². The van der Waals surface area contributed by atoms with Crippen molar-refractivity contribution in [2.24, 2.45) is 29.1 Å². The number of rotatable bonds is 4. The van der Waals surface area contributed by atoms with E-state index in [4.69, 9.17) is 0 Å². The molecule has 0 aliphatic heterocycles. The van der Waals surface area contributed by atoms with Crippen molar-refractivity contribution in [2.75, 3.05) is 0 Å². The lowest BCUT2D eigenvalue weighted by Gasteiger charge is -2.51. The molecule has 2 rings (SSSR count). The second kappa shape index (κ2) is 5.74. The lowest BCUT2D eigenvalue weighted by Crippen LogP contribution is -2.52. The minimum Gasteiger partial charge on any atom is -0.481 e. The van der Waals surface area contributed by atoms with Crippen LogP contribution in [0.15, 0.2) is 0 Å². The number of fused-ring (bicyclic) bond motifs is 1. The first-order valence-corrected chi connectivity index (χ1v) is 7.92. The summed E-state index contributed by atoms with van der Waals surface area (Å²) in [4.78, 5) is 23.6. The van der Waals surface area contributed by atoms with E-state index < -0.39 is 23.3 Å². The van der Waals surface area contributed by atoms with Gasteiger partial charge in [0.15, 0.2) is 0 Å². The van der Waals surface area contributed by atoms with Crippen molar-refractivity contribution in [3.63, 3.8) is 0 Å². The fourth-order valence-electron chi connectivity index (χ4n) is 4.89. The van der Waals surface area contributed by atoms with Crippen molar-refractivity contribution in [3.8, 4) is 0 Å². The highest BCUT2D eigenvalue weighted by Crippen LogP contribution is 2.56. The van der Waals surface area contributed by atoms with E-state index in [-0.39, 0.29) is 11.8 Å². The second-order valence-corrected chi connectivity index (χ2v) is 6.68. The van der Waals surface area contributed by atoms with E-state index in [1.165, 1.54) is 0 Å². The lowest BCUT2D eigenvalue weighted by atomic mass is 9.51. The van der Waals surface area contributed by atoms with Gasteiger partial charge in [-0.25, -0.2) is 0 Å². The lowest BCUT2D eigenvalue weighted by molar-refractivity contribution is -0.171. The van der Waals surface area contributed by atoms with Gasteiger partial charge in [0, 0.05) is 0 Å². The Balaban J connectivity index is 2.39. The maximum Gasteiger partial charge on any atom is 0.309 e. The largest absolute Gasteiger partial charge is 0.481 e. The zero-order valence-electron chi connectivity index (χ0n) is 12.5. The van der Waals surface area contributed by atoms with E-state index in [0.717, 1.165) is 25.7 Å². The number of hydrogen-bond donors (Lipinski definition) is 2. The van der Waals surface area contributed by atoms with Gasteiger partial charge in [-0.15, -0.1) is 0 Å². The summed E-state index contributed by atoms with van der Waals surface area (Å²) >= 11 is 0. The van der Waals surface area contributed by atoms with E-state index in [2.05, 4.69) is 6.92 Å². The molecule has 0 aromatic carbocycles. The Kier molecular flexibility index (Phi) is 4.40. The van der Waals surface area contributed by atoms with Crippen LogP contribution in [0, 0.1) is 29.1 Å². The number of hydrogen-bond acceptors (Lipinski definition) is 2. The molecule has 0 aromatic heterocycles. The fraction of sp³-hybridized carbons (Fsp3) is 0.875. The van der Waals surface area contributed by atoms with Crippen LogP contribution < -0.4 is 0 Å². The van der Waals surface area contributed by atoms with Gasteiger partial charge < -0.3 is 10.2 Å². The number of carboxylic acids is 2. The van der Waals surface area contributed by atoms with Crippen LogP contribution in [-0.4, -0.2) is 22.2 Å². The van der Waals surface area contributed by atoms with E-state index in [1.54, 1.807) is 0 Å². The fourth-order valence-corrected chi connectivity index (χ4v) is 4.89. The summed E-state index contributed by atoms with van der Waals surface area (Å²) in [6.45, 7) is 4.01. The van der Waals surface area contributed by atoms with E-state index >= 15 is 0 Å². The Hall–Kier alpha value is -1.06. The van der Waals surface area contributed by atoms with Crippen molar-refractivity contribution in [1.82, 2.24) is 0 Å². The van der Waals surface area contributed by atoms with Crippen LogP contribution in [0.25, 0.3) is 0 Å². The predicted octanol–water partition coefficient (Wildman–Crippen LogP) is 3.40. The van der Waals surface area contributed by atoms with Gasteiger partial charge in [-0.1, -0.05) is 33.1 Å². The highest BCUT2D eigenvalue weighted by molar-refractivity contribution is 5.78. The SMILES string of the molecule is CCC1CC2CCCC(CC)(C(=O)O)C2C(C(=O)O)C1. The Morgan fingerprint density at radius 3 is 2.40 bits per heavy atom. The van der Waals surface area contributed by atoms with Crippen LogP contribution in [0.3, 0.4) is 0 Å². The molecule has 0 bridgehead atoms. The van der Waals surface area contributed by atoms with Gasteiger partial charge in [0.1, 0.15) is 0 Å². The molecule has 4 nitrogen and oxygen atoms in total. The molecule has 0 spiro atoms. The summed E-state index contributed by atoms with van der Waals surface area (Å²) in [7, 11) is 0. The Labute approximate surface area is 120 Å². The number of carbonyl (C=O) groups is 2. The van der Waals surface area contributed by atoms with Gasteiger partial charge in [0.25, 0.3) is 0 Å². The maximum atomic E-state index is 11.9. The zero-order chi connectivity index (χ0) is 14.9. The van der Waals surface area contributed by atoms with Gasteiger partial charge >= 0.3 is 11.9 Å². The molecule has 2 aliphatic carbocycles. The third-order valence-corrected chi connectivity index (χ3v) is 5.95. The molecule has 2 saturated carbocycles. The first-order chi connectivity index (χ1) is 9.46. The molecule has 20 heavy (non-hydrogen) atoms. The van der Waals surface area contributed by atoms with Gasteiger partial charge in [0.05, 0.1) is 11.3 Å². The van der Waals surface area contributed by atoms with Crippen molar-refractivity contribution >= 4 is 11.9 Å². The molecule has 5 atom stereocenters. The average molecular weight is 282 g/mol. The first kappa shape index (κ1) is 15.3. The molecular weight excluding hydrogens is 256 g/mol. The molecule has 2 aliphatic rings. The highest BCUT2D eigenvalue weighted by Gasteiger charge is 2.56. The summed E-state index contributed by atoms with van der Waals surface area (Å²) < 4.78 is 0. The molecule has 114 valence electrons. The molecule has 4 heteroatoms. The Morgan fingerprint density at radius 1 is 1.20 bits per heavy atom. The number of carboxylic acid groups (broad SMARTS) is 2. The summed E-state index contributed by atoms with van der Waals surface area (Å²) in [5.41, 5.74) is -0.815. The Morgan fingerprint density at radius 2 is 1.90 bits per heavy atom. The van der Waals surface area contributed by atoms with Gasteiger partial charge in [0.2, 0.25) is 0 Å². The maximum absolute atomic E-state index is 11.9. The topological polar surface area (TPSA) is 74.6 Å². The predicted molar refractivity (Wildman–Crippen MR) is 75.3 cm³/mol. The normalized spacial score (nSPS) is 40.9. The van der Waals surface area contributed by atoms with Crippen LogP contribution in [-0.2, 0) is 9.59 Å². The average Bonchev–Trinajstić information content (AvgIpc) is 2.44. The number of aliphatic carboxylic acids is 2. The molecule has 0 amide bonds. The minimum atomic E-state index is -0.815. The highest BCUT2D eigenvalue weighted by atomic mass is 16.4. The molecule has 5 unspecified atom stereocenters. The van der Waals surface area contributed by atoms with Crippen LogP contribution in [0.5, 0.6) is 0 Å². The van der Waals surface area contributed by atoms with E-state index in [9.17, 15) is 19.8 Å². The Bertz CT molecular complexity index is 392. The molecule has 0 saturated heterocycles. The van der Waals surface area contributed by atoms with Crippen molar-refractivity contribution in [3.05, 3.63) is 0 Å². The van der Waals surface area contributed by atoms with Crippen molar-refractivity contribution < 1.29 is 19.8 Å². The smallest absolute Gasteiger partial charge is 0.309 e. The summed E-state index contributed by atoms with van der Waals surface area (Å²) in [5.74, 6) is -1.51. The molecule has 0 heterocycles. The van der Waals surface area contributed by atoms with Crippen LogP contribution in [0.1, 0.15) is 58.8 Å². The van der Waals surface area contributed by atoms with E-state index in [1.807, 2.05) is 6.92 Å². The summed E-state index contributed by atoms with van der Waals surface area (Å²) in [5, 5.41) is 19.4. The van der Waals surface area contributed by atoms with E-state index in [0.29, 0.717) is 25.2 Å². The summed E-state index contributed by atoms with van der Waals surface area (Å²) in [6, 6.07) is 0. The molecule has 2 N–H and O–H groups in total. The standard InChI is InChI=1S/C16H26O4/c1-3-10-8-11-6-5-7-16(4-2,15(19)20)13(11)12(9-10)14(17)18/h10-13H,3-9H2,1-2H3,(H,17,18)(H,19,20). The summed E-state index contributed by atoms with van der Waals surface area (Å²) in [6.07, 6.45) is 5.77. The van der Waals surface area contributed by atoms with Crippen LogP contribution in [0.2, 0.25) is 0 Å². The molecule has 0 radical (unpaired) electrons. The monoisotopic (exact) mass is 282 g/mol. The molecule has 2 fully saturated rings. The zero-order valence-corrected chi connectivity index (χ0v) is 12.5. The van der Waals surface area contributed by atoms with Gasteiger partial charge in [-0.3, -0.25) is 9.59 Å². The van der Waals surface area contributed by atoms with Gasteiger partial charge in [-0.2, -0.15) is 0 Å². The molecular formula is C16H26O4. The third-order valence-electron chi connectivity index (χ3n) is 5.95. The molecule has 0 aromatic rings. The van der Waals surface area contributed by atoms with Crippen molar-refractivity contribution in [2.45, 2.75) is 58.8 Å².